The monoisotopic (exact) mass is 268 g/mol. The van der Waals surface area contributed by atoms with Crippen molar-refractivity contribution in [2.45, 2.75) is 58.0 Å². The fourth-order valence-electron chi connectivity index (χ4n) is 4.70. The van der Waals surface area contributed by atoms with Crippen LogP contribution in [0.25, 0.3) is 0 Å². The molecule has 1 saturated carbocycles. The summed E-state index contributed by atoms with van der Waals surface area (Å²) in [5.41, 5.74) is 0.265. The molecule has 3 rings (SSSR count). The summed E-state index contributed by atoms with van der Waals surface area (Å²) in [5.74, 6) is 0.0349. The van der Waals surface area contributed by atoms with Crippen LogP contribution in [-0.4, -0.2) is 46.3 Å². The highest BCUT2D eigenvalue weighted by Crippen LogP contribution is 2.64. The van der Waals surface area contributed by atoms with E-state index in [9.17, 15) is 15.3 Å². The van der Waals surface area contributed by atoms with Crippen molar-refractivity contribution in [3.63, 3.8) is 0 Å². The molecule has 7 atom stereocenters. The molecule has 0 spiro atoms. The lowest BCUT2D eigenvalue weighted by molar-refractivity contribution is -0.215. The topological polar surface area (TPSA) is 69.9 Å². The number of rotatable bonds is 1. The largest absolute Gasteiger partial charge is 0.396 e. The Morgan fingerprint density at radius 1 is 1.42 bits per heavy atom. The summed E-state index contributed by atoms with van der Waals surface area (Å²) >= 11 is 0. The van der Waals surface area contributed by atoms with Gasteiger partial charge in [-0.25, -0.2) is 0 Å². The molecule has 1 heterocycles. The summed E-state index contributed by atoms with van der Waals surface area (Å²) < 4.78 is 6.06. The maximum absolute atomic E-state index is 10.5. The number of aliphatic hydroxyl groups excluding tert-OH is 3. The number of aliphatic hydroxyl groups is 3. The highest BCUT2D eigenvalue weighted by atomic mass is 16.5. The molecule has 0 amide bonds. The van der Waals surface area contributed by atoms with Crippen molar-refractivity contribution in [2.24, 2.45) is 16.7 Å². The molecule has 4 heteroatoms. The molecule has 4 nitrogen and oxygen atoms in total. The first-order valence-corrected chi connectivity index (χ1v) is 7.18. The van der Waals surface area contributed by atoms with E-state index in [2.05, 4.69) is 13.0 Å². The number of hydrogen-bond acceptors (Lipinski definition) is 4. The summed E-state index contributed by atoms with van der Waals surface area (Å²) in [7, 11) is 0. The highest BCUT2D eigenvalue weighted by Gasteiger charge is 2.70. The zero-order valence-electron chi connectivity index (χ0n) is 11.8. The van der Waals surface area contributed by atoms with Crippen LogP contribution in [0.1, 0.15) is 33.6 Å². The quantitative estimate of drug-likeness (QED) is 0.617. The van der Waals surface area contributed by atoms with Gasteiger partial charge in [0.05, 0.1) is 24.9 Å². The molecule has 2 aliphatic carbocycles. The second-order valence-corrected chi connectivity index (χ2v) is 6.86. The summed E-state index contributed by atoms with van der Waals surface area (Å²) in [4.78, 5) is 0. The highest BCUT2D eigenvalue weighted by molar-refractivity contribution is 5.25. The van der Waals surface area contributed by atoms with Gasteiger partial charge in [-0.2, -0.15) is 0 Å². The minimum absolute atomic E-state index is 0.0151. The van der Waals surface area contributed by atoms with Gasteiger partial charge in [-0.1, -0.05) is 25.5 Å². The van der Waals surface area contributed by atoms with Gasteiger partial charge >= 0.3 is 0 Å². The molecule has 2 bridgehead atoms. The van der Waals surface area contributed by atoms with E-state index in [1.807, 2.05) is 13.8 Å². The van der Waals surface area contributed by atoms with Crippen molar-refractivity contribution in [2.75, 3.05) is 6.61 Å². The SMILES string of the molecule is CC1=C[C@H]2O[C@@H]3C(O)C(O)[C@@](C)([C@@H]3C)[C@@]2(CO)CC1. The van der Waals surface area contributed by atoms with E-state index < -0.39 is 23.0 Å². The molecule has 2 unspecified atom stereocenters. The molecule has 0 aromatic heterocycles. The van der Waals surface area contributed by atoms with Crippen LogP contribution in [-0.2, 0) is 4.74 Å². The summed E-state index contributed by atoms with van der Waals surface area (Å²) in [6.07, 6.45) is 1.54. The Morgan fingerprint density at radius 2 is 2.11 bits per heavy atom. The third kappa shape index (κ3) is 1.38. The summed E-state index contributed by atoms with van der Waals surface area (Å²) in [6, 6.07) is 0. The van der Waals surface area contributed by atoms with Crippen LogP contribution in [0, 0.1) is 16.7 Å². The summed E-state index contributed by atoms with van der Waals surface area (Å²) in [5, 5.41) is 30.9. The molecule has 0 radical (unpaired) electrons. The summed E-state index contributed by atoms with van der Waals surface area (Å²) in [6.45, 7) is 6.08. The number of hydrogen-bond donors (Lipinski definition) is 3. The van der Waals surface area contributed by atoms with Crippen molar-refractivity contribution in [3.05, 3.63) is 11.6 Å². The normalized spacial score (nSPS) is 56.7. The van der Waals surface area contributed by atoms with Crippen LogP contribution in [0.2, 0.25) is 0 Å². The standard InChI is InChI=1S/C15H24O4/c1-8-4-5-15(7-16)10(6-8)19-12-9(2)14(15,3)13(18)11(12)17/h6,9-13,16-18H,4-5,7H2,1-3H3/t9-,10-,11?,12+,13?,14-,15-/m1/s1. The van der Waals surface area contributed by atoms with Crippen molar-refractivity contribution in [3.8, 4) is 0 Å². The van der Waals surface area contributed by atoms with E-state index in [0.717, 1.165) is 12.8 Å². The first-order valence-electron chi connectivity index (χ1n) is 7.18. The first kappa shape index (κ1) is 13.6. The number of ether oxygens (including phenoxy) is 1. The van der Waals surface area contributed by atoms with E-state index >= 15 is 0 Å². The maximum atomic E-state index is 10.5. The predicted molar refractivity (Wildman–Crippen MR) is 70.5 cm³/mol. The molecule has 1 saturated heterocycles. The number of fused-ring (bicyclic) bond motifs is 4. The average Bonchev–Trinajstić information content (AvgIpc) is 2.52. The van der Waals surface area contributed by atoms with Crippen molar-refractivity contribution < 1.29 is 20.1 Å². The van der Waals surface area contributed by atoms with E-state index in [1.165, 1.54) is 5.57 Å². The third-order valence-corrected chi connectivity index (χ3v) is 6.32. The van der Waals surface area contributed by atoms with Gasteiger partial charge < -0.3 is 20.1 Å². The van der Waals surface area contributed by atoms with E-state index in [4.69, 9.17) is 4.74 Å². The first-order chi connectivity index (χ1) is 8.88. The molecule has 108 valence electrons. The Bertz CT molecular complexity index is 414. The molecule has 19 heavy (non-hydrogen) atoms. The lowest BCUT2D eigenvalue weighted by Gasteiger charge is -2.58. The second kappa shape index (κ2) is 4.04. The van der Waals surface area contributed by atoms with Crippen molar-refractivity contribution in [1.29, 1.82) is 0 Å². The zero-order chi connectivity index (χ0) is 14.0. The molecular weight excluding hydrogens is 244 g/mol. The second-order valence-electron chi connectivity index (χ2n) is 6.86. The van der Waals surface area contributed by atoms with Gasteiger partial charge in [0.2, 0.25) is 0 Å². The van der Waals surface area contributed by atoms with E-state index in [0.29, 0.717) is 0 Å². The Morgan fingerprint density at radius 3 is 2.74 bits per heavy atom. The van der Waals surface area contributed by atoms with Gasteiger partial charge in [0.15, 0.2) is 0 Å². The van der Waals surface area contributed by atoms with E-state index in [-0.39, 0.29) is 24.7 Å². The molecule has 3 N–H and O–H groups in total. The Hall–Kier alpha value is -0.420. The van der Waals surface area contributed by atoms with Crippen LogP contribution < -0.4 is 0 Å². The maximum Gasteiger partial charge on any atom is 0.107 e. The smallest absolute Gasteiger partial charge is 0.107 e. The Kier molecular flexibility index (Phi) is 2.88. The molecule has 1 aliphatic heterocycles. The van der Waals surface area contributed by atoms with Crippen molar-refractivity contribution in [1.82, 2.24) is 0 Å². The fraction of sp³-hybridized carbons (Fsp3) is 0.867. The minimum atomic E-state index is -0.859. The zero-order valence-corrected chi connectivity index (χ0v) is 11.8. The lowest BCUT2D eigenvalue weighted by atomic mass is 9.52. The minimum Gasteiger partial charge on any atom is -0.396 e. The van der Waals surface area contributed by atoms with Crippen LogP contribution in [0.3, 0.4) is 0 Å². The third-order valence-electron chi connectivity index (χ3n) is 6.32. The molecule has 3 aliphatic rings. The van der Waals surface area contributed by atoms with Gasteiger partial charge in [0.1, 0.15) is 6.10 Å². The van der Waals surface area contributed by atoms with Gasteiger partial charge in [-0.05, 0) is 25.7 Å². The van der Waals surface area contributed by atoms with Crippen LogP contribution in [0.15, 0.2) is 11.6 Å². The van der Waals surface area contributed by atoms with E-state index in [1.54, 1.807) is 0 Å². The lowest BCUT2D eigenvalue weighted by Crippen LogP contribution is -2.61. The molecule has 2 fully saturated rings. The number of allylic oxidation sites excluding steroid dienone is 1. The molecular formula is C15H24O4. The Balaban J connectivity index is 2.14. The van der Waals surface area contributed by atoms with Gasteiger partial charge in [0, 0.05) is 10.8 Å². The van der Waals surface area contributed by atoms with Crippen LogP contribution in [0.4, 0.5) is 0 Å². The van der Waals surface area contributed by atoms with Gasteiger partial charge in [-0.3, -0.25) is 0 Å². The van der Waals surface area contributed by atoms with Gasteiger partial charge in [0.25, 0.3) is 0 Å². The fourth-order valence-corrected chi connectivity index (χ4v) is 4.70. The van der Waals surface area contributed by atoms with Gasteiger partial charge in [-0.15, -0.1) is 0 Å². The predicted octanol–water partition coefficient (Wildman–Crippen LogP) is 0.850. The van der Waals surface area contributed by atoms with Crippen molar-refractivity contribution >= 4 is 0 Å². The molecule has 0 aromatic rings. The Labute approximate surface area is 114 Å². The van der Waals surface area contributed by atoms with Crippen LogP contribution >= 0.6 is 0 Å². The van der Waals surface area contributed by atoms with Crippen LogP contribution in [0.5, 0.6) is 0 Å². The molecule has 0 aromatic carbocycles. The average molecular weight is 268 g/mol.